The monoisotopic (exact) mass is 227 g/mol. The van der Waals surface area contributed by atoms with E-state index in [0.717, 1.165) is 0 Å². The normalized spacial score (nSPS) is 8.33. The van der Waals surface area contributed by atoms with Gasteiger partial charge in [-0.2, -0.15) is 0 Å². The molecule has 0 fully saturated rings. The van der Waals surface area contributed by atoms with E-state index in [1.165, 1.54) is 10.8 Å². The zero-order chi connectivity index (χ0) is 6.81. The van der Waals surface area contributed by atoms with Crippen LogP contribution in [0, 0.1) is 6.07 Å². The number of hydrogen-bond acceptors (Lipinski definition) is 0. The van der Waals surface area contributed by atoms with Crippen molar-refractivity contribution >= 4 is 23.2 Å². The number of hydrogen-bond donors (Lipinski definition) is 0. The average molecular weight is 229 g/mol. The number of benzene rings is 2. The summed E-state index contributed by atoms with van der Waals surface area (Å²) < 4.78 is 0. The van der Waals surface area contributed by atoms with Gasteiger partial charge in [0.2, 0.25) is 0 Å². The molecular weight excluding hydrogens is 221 g/mol. The molecule has 0 amide bonds. The molecule has 0 heterocycles. The molecule has 0 aliphatic heterocycles. The number of rotatable bonds is 0. The molecule has 0 aromatic heterocycles. The molecule has 0 spiro atoms. The quantitative estimate of drug-likeness (QED) is 0.481. The maximum absolute atomic E-state index is 3.15. The summed E-state index contributed by atoms with van der Waals surface area (Å²) >= 11 is 0. The molecular formula is C10H8ClZn-. The summed E-state index contributed by atoms with van der Waals surface area (Å²) in [5.41, 5.74) is 0. The maximum Gasteiger partial charge on any atom is 0 e. The summed E-state index contributed by atoms with van der Waals surface area (Å²) in [6.07, 6.45) is 0. The number of fused-ring (bicyclic) bond motifs is 1. The summed E-state index contributed by atoms with van der Waals surface area (Å²) in [7, 11) is 0. The van der Waals surface area contributed by atoms with Crippen molar-refractivity contribution in [2.24, 2.45) is 0 Å². The van der Waals surface area contributed by atoms with Gasteiger partial charge in [-0.05, 0) is 0 Å². The second-order valence-corrected chi connectivity index (χ2v) is 2.26. The third-order valence-corrected chi connectivity index (χ3v) is 1.57. The smallest absolute Gasteiger partial charge is 0 e. The van der Waals surface area contributed by atoms with Gasteiger partial charge in [-0.1, -0.05) is 12.1 Å². The van der Waals surface area contributed by atoms with Gasteiger partial charge in [0, 0.05) is 19.5 Å². The molecule has 12 heavy (non-hydrogen) atoms. The standard InChI is InChI=1S/C10H7.ClH.Zn/c1-2-6-10-8-4-3-7-9(10)5-1;;/h1-7H;1H;/q-1;;. The van der Waals surface area contributed by atoms with Crippen molar-refractivity contribution in [3.05, 3.63) is 48.5 Å². The fourth-order valence-electron chi connectivity index (χ4n) is 1.06. The first-order valence-electron chi connectivity index (χ1n) is 3.32. The number of halogens is 1. The van der Waals surface area contributed by atoms with Gasteiger partial charge in [0.15, 0.2) is 0 Å². The Kier molecular flexibility index (Phi) is 5.12. The molecule has 2 rings (SSSR count). The minimum absolute atomic E-state index is 0. The van der Waals surface area contributed by atoms with E-state index in [-0.39, 0.29) is 31.9 Å². The first-order chi connectivity index (χ1) is 4.97. The van der Waals surface area contributed by atoms with Crippen molar-refractivity contribution < 1.29 is 19.5 Å². The van der Waals surface area contributed by atoms with E-state index in [2.05, 4.69) is 24.3 Å². The summed E-state index contributed by atoms with van der Waals surface area (Å²) in [6, 6.07) is 17.4. The van der Waals surface area contributed by atoms with Crippen LogP contribution in [0.15, 0.2) is 42.5 Å². The van der Waals surface area contributed by atoms with Gasteiger partial charge in [0.05, 0.1) is 0 Å². The van der Waals surface area contributed by atoms with E-state index in [9.17, 15) is 0 Å². The SMILES string of the molecule is Cl.[Zn].[c-]1cccc2ccccc12. The van der Waals surface area contributed by atoms with E-state index in [1.807, 2.05) is 24.3 Å². The maximum atomic E-state index is 3.15. The van der Waals surface area contributed by atoms with E-state index in [4.69, 9.17) is 0 Å². The molecule has 58 valence electrons. The Morgan fingerprint density at radius 1 is 0.917 bits per heavy atom. The minimum atomic E-state index is 0. The van der Waals surface area contributed by atoms with Crippen molar-refractivity contribution in [2.45, 2.75) is 0 Å². The van der Waals surface area contributed by atoms with Gasteiger partial charge in [0.25, 0.3) is 0 Å². The van der Waals surface area contributed by atoms with Crippen LogP contribution in [0.25, 0.3) is 10.8 Å². The Hall–Kier alpha value is -0.387. The predicted molar refractivity (Wildman–Crippen MR) is 50.0 cm³/mol. The Labute approximate surface area is 91.1 Å². The molecule has 0 nitrogen and oxygen atoms in total. The third-order valence-electron chi connectivity index (χ3n) is 1.57. The second-order valence-electron chi connectivity index (χ2n) is 2.26. The van der Waals surface area contributed by atoms with Gasteiger partial charge < -0.3 is 0 Å². The van der Waals surface area contributed by atoms with Gasteiger partial charge in [0.1, 0.15) is 0 Å². The molecule has 0 unspecified atom stereocenters. The van der Waals surface area contributed by atoms with Crippen LogP contribution in [-0.4, -0.2) is 0 Å². The van der Waals surface area contributed by atoms with Crippen LogP contribution in [0.2, 0.25) is 0 Å². The zero-order valence-corrected chi connectivity index (χ0v) is 10.4. The Morgan fingerprint density at radius 3 is 2.33 bits per heavy atom. The zero-order valence-electron chi connectivity index (χ0n) is 6.66. The minimum Gasteiger partial charge on any atom is -0.147 e. The van der Waals surface area contributed by atoms with Crippen molar-refractivity contribution in [1.82, 2.24) is 0 Å². The molecule has 2 heteroatoms. The van der Waals surface area contributed by atoms with Crippen LogP contribution in [0.3, 0.4) is 0 Å². The molecule has 0 radical (unpaired) electrons. The molecule has 0 saturated carbocycles. The summed E-state index contributed by atoms with van der Waals surface area (Å²) in [4.78, 5) is 0. The first-order valence-corrected chi connectivity index (χ1v) is 3.32. The predicted octanol–water partition coefficient (Wildman–Crippen LogP) is 3.06. The largest absolute Gasteiger partial charge is 0.147 e. The molecule has 0 aliphatic rings. The van der Waals surface area contributed by atoms with Gasteiger partial charge in [-0.25, -0.2) is 0 Å². The fraction of sp³-hybridized carbons (Fsp3) is 0. The molecule has 0 N–H and O–H groups in total. The fourth-order valence-corrected chi connectivity index (χ4v) is 1.06. The van der Waals surface area contributed by atoms with E-state index >= 15 is 0 Å². The molecule has 0 bridgehead atoms. The van der Waals surface area contributed by atoms with Crippen LogP contribution < -0.4 is 0 Å². The van der Waals surface area contributed by atoms with Gasteiger partial charge in [-0.3, -0.25) is 0 Å². The Bertz CT molecular complexity index is 281. The van der Waals surface area contributed by atoms with Crippen molar-refractivity contribution in [3.63, 3.8) is 0 Å². The van der Waals surface area contributed by atoms with E-state index in [0.29, 0.717) is 0 Å². The van der Waals surface area contributed by atoms with Crippen LogP contribution in [0.5, 0.6) is 0 Å². The van der Waals surface area contributed by atoms with Crippen LogP contribution in [0.1, 0.15) is 0 Å². The van der Waals surface area contributed by atoms with Crippen LogP contribution in [-0.2, 0) is 19.5 Å². The summed E-state index contributed by atoms with van der Waals surface area (Å²) in [6.45, 7) is 0. The molecule has 0 saturated heterocycles. The van der Waals surface area contributed by atoms with Crippen molar-refractivity contribution in [3.8, 4) is 0 Å². The summed E-state index contributed by atoms with van der Waals surface area (Å²) in [5, 5.41) is 2.44. The molecule has 2 aromatic carbocycles. The van der Waals surface area contributed by atoms with Crippen LogP contribution in [0.4, 0.5) is 0 Å². The second kappa shape index (κ2) is 5.29. The molecule has 0 atom stereocenters. The Morgan fingerprint density at radius 2 is 1.58 bits per heavy atom. The average Bonchev–Trinajstić information content (AvgIpc) is 2.05. The first kappa shape index (κ1) is 11.6. The van der Waals surface area contributed by atoms with Crippen molar-refractivity contribution in [1.29, 1.82) is 0 Å². The van der Waals surface area contributed by atoms with E-state index in [1.54, 1.807) is 0 Å². The Balaban J connectivity index is 0.000000605. The topological polar surface area (TPSA) is 0 Å². The molecule has 0 aliphatic carbocycles. The van der Waals surface area contributed by atoms with Gasteiger partial charge in [-0.15, -0.1) is 59.6 Å². The van der Waals surface area contributed by atoms with Crippen LogP contribution >= 0.6 is 12.4 Å². The third kappa shape index (κ3) is 2.30. The van der Waals surface area contributed by atoms with Crippen molar-refractivity contribution in [2.75, 3.05) is 0 Å². The molecule has 2 aromatic rings. The van der Waals surface area contributed by atoms with E-state index < -0.39 is 0 Å². The van der Waals surface area contributed by atoms with Gasteiger partial charge >= 0.3 is 0 Å². The summed E-state index contributed by atoms with van der Waals surface area (Å²) in [5.74, 6) is 0.